The van der Waals surface area contributed by atoms with Crippen LogP contribution in [0.3, 0.4) is 0 Å². The average molecular weight is 1190 g/mol. The molecular weight excluding hydrogens is 1130 g/mol. The number of halogens is 5. The molecule has 1 unspecified atom stereocenters. The number of imide groups is 1. The summed E-state index contributed by atoms with van der Waals surface area (Å²) in [6, 6.07) is 29.7. The van der Waals surface area contributed by atoms with Crippen molar-refractivity contribution in [2.45, 2.75) is 91.1 Å². The Hall–Kier alpha value is -5.81. The third-order valence-electron chi connectivity index (χ3n) is 15.7. The van der Waals surface area contributed by atoms with E-state index in [-0.39, 0.29) is 29.1 Å². The van der Waals surface area contributed by atoms with E-state index in [0.717, 1.165) is 61.6 Å². The molecule has 3 aliphatic heterocycles. The maximum atomic E-state index is 14.5. The smallest absolute Gasteiger partial charge is 0.380 e. The number of anilines is 2. The number of rotatable bonds is 19. The van der Waals surface area contributed by atoms with Gasteiger partial charge >= 0.3 is 5.51 Å². The molecule has 3 saturated heterocycles. The van der Waals surface area contributed by atoms with Gasteiger partial charge in [-0.05, 0) is 139 Å². The molecular formula is C59H66ClF4N7O7S3. The number of nitrogens with zero attached hydrogens (tertiary/aromatic N) is 4. The molecule has 3 N–H and O–H groups in total. The van der Waals surface area contributed by atoms with E-state index in [4.69, 9.17) is 11.6 Å². The lowest BCUT2D eigenvalue weighted by Gasteiger charge is -2.39. The average Bonchev–Trinajstić information content (AvgIpc) is 3.59. The fourth-order valence-corrected chi connectivity index (χ4v) is 14.3. The van der Waals surface area contributed by atoms with E-state index < -0.39 is 70.4 Å². The summed E-state index contributed by atoms with van der Waals surface area (Å²) in [5, 5.41) is 6.09. The van der Waals surface area contributed by atoms with E-state index in [9.17, 15) is 48.8 Å². The highest BCUT2D eigenvalue weighted by atomic mass is 35.5. The van der Waals surface area contributed by atoms with Gasteiger partial charge in [0, 0.05) is 111 Å². The number of nitrogens with one attached hydrogen (secondary N) is 3. The lowest BCUT2D eigenvalue weighted by atomic mass is 9.73. The second-order valence-corrected chi connectivity index (χ2v) is 27.1. The van der Waals surface area contributed by atoms with Gasteiger partial charge in [0.25, 0.3) is 25.8 Å². The summed E-state index contributed by atoms with van der Waals surface area (Å²) in [4.78, 5) is 45.7. The van der Waals surface area contributed by atoms with Gasteiger partial charge in [-0.3, -0.25) is 29.5 Å². The summed E-state index contributed by atoms with van der Waals surface area (Å²) in [6.07, 6.45) is 3.94. The Balaban J connectivity index is 0.842. The number of thioether (sulfide) groups is 1. The van der Waals surface area contributed by atoms with Crippen LogP contribution in [0, 0.1) is 11.2 Å². The molecule has 1 aliphatic carbocycles. The highest BCUT2D eigenvalue weighted by molar-refractivity contribution is 7.99. The maximum Gasteiger partial charge on any atom is 0.501 e. The number of carbonyl (C=O) groups is 3. The Kier molecular flexibility index (Phi) is 18.7. The predicted molar refractivity (Wildman–Crippen MR) is 308 cm³/mol. The Morgan fingerprint density at radius 3 is 2.15 bits per heavy atom. The fourth-order valence-electron chi connectivity index (χ4n) is 11.1. The minimum absolute atomic E-state index is 0.0327. The molecule has 4 aliphatic rings. The lowest BCUT2D eigenvalue weighted by Crippen LogP contribution is -2.47. The Labute approximate surface area is 480 Å². The van der Waals surface area contributed by atoms with Crippen LogP contribution in [-0.2, 0) is 36.0 Å². The number of alkyl halides is 3. The summed E-state index contributed by atoms with van der Waals surface area (Å²) in [6.45, 7) is 11.6. The third kappa shape index (κ3) is 15.1. The second-order valence-electron chi connectivity index (χ2n) is 22.0. The molecule has 5 aromatic rings. The van der Waals surface area contributed by atoms with Crippen molar-refractivity contribution in [2.75, 3.05) is 81.4 Å². The van der Waals surface area contributed by atoms with E-state index in [1.807, 2.05) is 47.2 Å². The van der Waals surface area contributed by atoms with Crippen LogP contribution in [0.5, 0.6) is 0 Å². The van der Waals surface area contributed by atoms with Crippen LogP contribution in [0.1, 0.15) is 85.3 Å². The van der Waals surface area contributed by atoms with Crippen LogP contribution >= 0.6 is 23.4 Å². The van der Waals surface area contributed by atoms with Crippen molar-refractivity contribution in [3.05, 3.63) is 154 Å². The molecule has 432 valence electrons. The molecule has 3 fully saturated rings. The molecule has 9 rings (SSSR count). The first kappa shape index (κ1) is 59.8. The lowest BCUT2D eigenvalue weighted by molar-refractivity contribution is -0.134. The summed E-state index contributed by atoms with van der Waals surface area (Å²) in [5.74, 6) is -2.56. The number of allylic oxidation sites excluding steroid dienone is 1. The zero-order chi connectivity index (χ0) is 57.7. The number of piperidine rings is 1. The van der Waals surface area contributed by atoms with Crippen LogP contribution in [0.15, 0.2) is 136 Å². The number of sulfonamides is 1. The number of amides is 3. The largest absolute Gasteiger partial charge is 0.501 e. The van der Waals surface area contributed by atoms with Crippen LogP contribution < -0.4 is 20.3 Å². The molecule has 14 nitrogen and oxygen atoms in total. The SMILES string of the molecule is CC1(C)CCC(c2ccc(Cl)cc2)=C(CN2CCN(c3ccc(C(=O)NS(=O)(=O)c4ccc(N[C@H](CCN5CCN(Cc6cc(F)ccc6C6CCC(=O)NC6=O)CC5)CSc5ccccc5)c(S(=O)(=O)C(F)(F)F)c4)cc3)CC2)C1. The minimum atomic E-state index is -6.15. The number of sulfone groups is 1. The van der Waals surface area contributed by atoms with Gasteiger partial charge < -0.3 is 15.1 Å². The van der Waals surface area contributed by atoms with E-state index in [1.54, 1.807) is 18.2 Å². The van der Waals surface area contributed by atoms with Gasteiger partial charge in [-0.15, -0.1) is 11.8 Å². The van der Waals surface area contributed by atoms with Gasteiger partial charge in [0.1, 0.15) is 10.7 Å². The predicted octanol–water partition coefficient (Wildman–Crippen LogP) is 9.98. The van der Waals surface area contributed by atoms with Gasteiger partial charge in [0.05, 0.1) is 16.5 Å². The molecule has 5 aromatic carbocycles. The molecule has 0 radical (unpaired) electrons. The molecule has 81 heavy (non-hydrogen) atoms. The summed E-state index contributed by atoms with van der Waals surface area (Å²) in [7, 11) is -11.1. The first-order chi connectivity index (χ1) is 38.5. The van der Waals surface area contributed by atoms with Gasteiger partial charge in [0.2, 0.25) is 11.8 Å². The highest BCUT2D eigenvalue weighted by Crippen LogP contribution is 2.43. The Morgan fingerprint density at radius 2 is 1.47 bits per heavy atom. The molecule has 0 spiro atoms. The van der Waals surface area contributed by atoms with Gasteiger partial charge in [0.15, 0.2) is 0 Å². The van der Waals surface area contributed by atoms with Crippen molar-refractivity contribution in [1.29, 1.82) is 0 Å². The molecule has 2 atom stereocenters. The standard InChI is InChI=1S/C59H66ClF4N7O7S3/c1-58(2)24-22-50(40-8-12-44(60)13-9-40)43(36-58)38-70-30-32-71(33-31-70)47-15-10-41(11-16-47)56(73)67-81(77,78)49-17-20-53(54(35-49)80(75,76)59(62,63)64)65-46(39-79-48-6-4-3-5-7-48)23-25-68-26-28-69(29-27-68)37-42-34-45(61)14-18-51(42)52-19-21-55(72)66-57(52)74/h3-18,20,34-35,46,52,65H,19,21-33,36-39H2,1-2H3,(H,67,73)(H,66,72,74)/t46-,52?/m1/s1. The van der Waals surface area contributed by atoms with Gasteiger partial charge in [-0.1, -0.05) is 67.4 Å². The number of piperazine rings is 2. The van der Waals surface area contributed by atoms with Crippen LogP contribution in [0.2, 0.25) is 5.02 Å². The first-order valence-electron chi connectivity index (χ1n) is 27.1. The third-order valence-corrected chi connectivity index (χ3v) is 19.9. The van der Waals surface area contributed by atoms with Crippen LogP contribution in [0.4, 0.5) is 28.9 Å². The number of carbonyl (C=O) groups excluding carboxylic acids is 3. The summed E-state index contributed by atoms with van der Waals surface area (Å²) < 4.78 is 114. The summed E-state index contributed by atoms with van der Waals surface area (Å²) in [5.41, 5.74) is 0.0439. The number of benzene rings is 5. The van der Waals surface area contributed by atoms with E-state index >= 15 is 0 Å². The van der Waals surface area contributed by atoms with E-state index in [1.165, 1.54) is 52.7 Å². The molecule has 0 saturated carbocycles. The number of hydrogen-bond acceptors (Lipinski definition) is 13. The van der Waals surface area contributed by atoms with Crippen LogP contribution in [0.25, 0.3) is 5.57 Å². The molecule has 0 bridgehead atoms. The van der Waals surface area contributed by atoms with Crippen molar-refractivity contribution >= 4 is 77.9 Å². The van der Waals surface area contributed by atoms with Crippen molar-refractivity contribution in [2.24, 2.45) is 5.41 Å². The highest BCUT2D eigenvalue weighted by Gasteiger charge is 2.48. The first-order valence-corrected chi connectivity index (χ1v) is 31.4. The second kappa shape index (κ2) is 25.4. The van der Waals surface area contributed by atoms with E-state index in [2.05, 4.69) is 56.2 Å². The zero-order valence-electron chi connectivity index (χ0n) is 45.1. The van der Waals surface area contributed by atoms with Crippen LogP contribution in [-0.4, -0.2) is 132 Å². The maximum absolute atomic E-state index is 14.5. The molecule has 3 amide bonds. The Bertz CT molecular complexity index is 3360. The fraction of sp³-hybridized carbons (Fsp3) is 0.407. The van der Waals surface area contributed by atoms with Crippen molar-refractivity contribution in [1.82, 2.24) is 24.7 Å². The van der Waals surface area contributed by atoms with Crippen molar-refractivity contribution in [3.63, 3.8) is 0 Å². The monoisotopic (exact) mass is 1190 g/mol. The molecule has 3 heterocycles. The normalized spacial score (nSPS) is 19.3. The molecule has 0 aromatic heterocycles. The zero-order valence-corrected chi connectivity index (χ0v) is 48.3. The Morgan fingerprint density at radius 1 is 0.802 bits per heavy atom. The summed E-state index contributed by atoms with van der Waals surface area (Å²) >= 11 is 7.61. The molecule has 22 heteroatoms. The van der Waals surface area contributed by atoms with Gasteiger partial charge in [-0.2, -0.15) is 13.2 Å². The van der Waals surface area contributed by atoms with Crippen molar-refractivity contribution in [3.8, 4) is 0 Å². The number of hydrogen-bond donors (Lipinski definition) is 3. The van der Waals surface area contributed by atoms with E-state index in [0.29, 0.717) is 87.4 Å². The van der Waals surface area contributed by atoms with Gasteiger partial charge in [-0.25, -0.2) is 25.9 Å². The quantitative estimate of drug-likeness (QED) is 0.0406. The topological polar surface area (TPSA) is 169 Å². The minimum Gasteiger partial charge on any atom is -0.380 e. The van der Waals surface area contributed by atoms with Crippen molar-refractivity contribution < 1.29 is 48.8 Å².